The maximum absolute atomic E-state index is 5.74. The van der Waals surface area contributed by atoms with Crippen LogP contribution in [-0.2, 0) is 6.54 Å². The summed E-state index contributed by atoms with van der Waals surface area (Å²) in [6.07, 6.45) is 0. The number of rotatable bonds is 3. The second-order valence-corrected chi connectivity index (χ2v) is 5.62. The lowest BCUT2D eigenvalue weighted by molar-refractivity contribution is 0.653. The highest BCUT2D eigenvalue weighted by atomic mass is 15.3. The first kappa shape index (κ1) is 14.0. The van der Waals surface area contributed by atoms with Crippen LogP contribution < -0.4 is 15.5 Å². The quantitative estimate of drug-likeness (QED) is 0.939. The number of nitrogens with two attached hydrogens (primary N) is 1. The fourth-order valence-electron chi connectivity index (χ4n) is 2.97. The molecule has 2 aromatic rings. The zero-order valence-corrected chi connectivity index (χ0v) is 12.6. The Morgan fingerprint density at radius 2 is 1.48 bits per heavy atom. The molecule has 3 rings (SSSR count). The van der Waals surface area contributed by atoms with Crippen LogP contribution in [0.2, 0.25) is 0 Å². The standard InChI is InChI=1S/C18H23N3/c1-15-13-18(8-7-16(15)14-19)21-11-9-20(10-12-21)17-5-3-2-4-6-17/h2-8,13H,9-12,14,19H2,1H3. The van der Waals surface area contributed by atoms with E-state index in [2.05, 4.69) is 65.3 Å². The molecule has 1 aliphatic rings. The minimum Gasteiger partial charge on any atom is -0.368 e. The van der Waals surface area contributed by atoms with Gasteiger partial charge in [0, 0.05) is 44.1 Å². The number of benzene rings is 2. The van der Waals surface area contributed by atoms with Gasteiger partial charge in [0.1, 0.15) is 0 Å². The van der Waals surface area contributed by atoms with Gasteiger partial charge in [0.25, 0.3) is 0 Å². The molecule has 21 heavy (non-hydrogen) atoms. The Kier molecular flexibility index (Phi) is 4.11. The highest BCUT2D eigenvalue weighted by molar-refractivity contribution is 5.54. The second-order valence-electron chi connectivity index (χ2n) is 5.62. The zero-order chi connectivity index (χ0) is 14.7. The zero-order valence-electron chi connectivity index (χ0n) is 12.6. The molecule has 110 valence electrons. The Balaban J connectivity index is 1.67. The number of anilines is 2. The molecule has 0 saturated carbocycles. The van der Waals surface area contributed by atoms with E-state index < -0.39 is 0 Å². The van der Waals surface area contributed by atoms with Crippen LogP contribution in [0.1, 0.15) is 11.1 Å². The van der Waals surface area contributed by atoms with E-state index in [1.54, 1.807) is 0 Å². The Morgan fingerprint density at radius 3 is 2.05 bits per heavy atom. The molecule has 1 fully saturated rings. The van der Waals surface area contributed by atoms with Gasteiger partial charge >= 0.3 is 0 Å². The van der Waals surface area contributed by atoms with Gasteiger partial charge in [-0.15, -0.1) is 0 Å². The smallest absolute Gasteiger partial charge is 0.0370 e. The molecule has 0 aliphatic carbocycles. The third-order valence-electron chi connectivity index (χ3n) is 4.31. The van der Waals surface area contributed by atoms with Gasteiger partial charge in [-0.2, -0.15) is 0 Å². The van der Waals surface area contributed by atoms with Crippen molar-refractivity contribution in [2.45, 2.75) is 13.5 Å². The molecule has 1 aliphatic heterocycles. The van der Waals surface area contributed by atoms with Crippen LogP contribution >= 0.6 is 0 Å². The third kappa shape index (κ3) is 3.03. The summed E-state index contributed by atoms with van der Waals surface area (Å²) in [6.45, 7) is 7.04. The molecule has 1 heterocycles. The van der Waals surface area contributed by atoms with E-state index in [0.717, 1.165) is 26.2 Å². The van der Waals surface area contributed by atoms with Crippen LogP contribution in [0.4, 0.5) is 11.4 Å². The molecule has 1 saturated heterocycles. The molecule has 0 amide bonds. The first-order valence-corrected chi connectivity index (χ1v) is 7.62. The number of para-hydroxylation sites is 1. The Morgan fingerprint density at radius 1 is 0.857 bits per heavy atom. The lowest BCUT2D eigenvalue weighted by Crippen LogP contribution is -2.46. The van der Waals surface area contributed by atoms with Gasteiger partial charge in [-0.3, -0.25) is 0 Å². The fraction of sp³-hybridized carbons (Fsp3) is 0.333. The van der Waals surface area contributed by atoms with E-state index >= 15 is 0 Å². The van der Waals surface area contributed by atoms with E-state index in [9.17, 15) is 0 Å². The third-order valence-corrected chi connectivity index (χ3v) is 4.31. The van der Waals surface area contributed by atoms with Crippen LogP contribution in [0.5, 0.6) is 0 Å². The first-order chi connectivity index (χ1) is 10.3. The molecule has 2 N–H and O–H groups in total. The van der Waals surface area contributed by atoms with Gasteiger partial charge < -0.3 is 15.5 Å². The maximum Gasteiger partial charge on any atom is 0.0370 e. The molecule has 0 bridgehead atoms. The summed E-state index contributed by atoms with van der Waals surface area (Å²) in [4.78, 5) is 4.92. The average Bonchev–Trinajstić information content (AvgIpc) is 2.56. The Hall–Kier alpha value is -2.00. The van der Waals surface area contributed by atoms with E-state index in [1.165, 1.54) is 22.5 Å². The summed E-state index contributed by atoms with van der Waals surface area (Å²) in [5, 5.41) is 0. The molecule has 2 aromatic carbocycles. The monoisotopic (exact) mass is 281 g/mol. The second kappa shape index (κ2) is 6.19. The van der Waals surface area contributed by atoms with Crippen LogP contribution in [0.3, 0.4) is 0 Å². The molecule has 0 unspecified atom stereocenters. The first-order valence-electron chi connectivity index (χ1n) is 7.62. The van der Waals surface area contributed by atoms with E-state index in [-0.39, 0.29) is 0 Å². The van der Waals surface area contributed by atoms with Crippen LogP contribution in [-0.4, -0.2) is 26.2 Å². The summed E-state index contributed by atoms with van der Waals surface area (Å²) < 4.78 is 0. The maximum atomic E-state index is 5.74. The van der Waals surface area contributed by atoms with Gasteiger partial charge in [0.15, 0.2) is 0 Å². The summed E-state index contributed by atoms with van der Waals surface area (Å²) in [6, 6.07) is 17.3. The van der Waals surface area contributed by atoms with Gasteiger partial charge in [-0.05, 0) is 42.3 Å². The van der Waals surface area contributed by atoms with E-state index in [1.807, 2.05) is 0 Å². The van der Waals surface area contributed by atoms with Crippen molar-refractivity contribution in [1.82, 2.24) is 0 Å². The largest absolute Gasteiger partial charge is 0.368 e. The highest BCUT2D eigenvalue weighted by Gasteiger charge is 2.17. The van der Waals surface area contributed by atoms with E-state index in [4.69, 9.17) is 5.73 Å². The average molecular weight is 281 g/mol. The summed E-state index contributed by atoms with van der Waals surface area (Å²) >= 11 is 0. The normalized spacial score (nSPS) is 15.3. The molecular weight excluding hydrogens is 258 g/mol. The van der Waals surface area contributed by atoms with Crippen molar-refractivity contribution in [2.75, 3.05) is 36.0 Å². The number of hydrogen-bond donors (Lipinski definition) is 1. The van der Waals surface area contributed by atoms with Gasteiger partial charge in [0.2, 0.25) is 0 Å². The van der Waals surface area contributed by atoms with Crippen molar-refractivity contribution in [2.24, 2.45) is 5.73 Å². The number of hydrogen-bond acceptors (Lipinski definition) is 3. The minimum absolute atomic E-state index is 0.619. The molecule has 0 aromatic heterocycles. The Labute approximate surface area is 127 Å². The fourth-order valence-corrected chi connectivity index (χ4v) is 2.97. The Bertz CT molecular complexity index is 587. The number of aryl methyl sites for hydroxylation is 1. The molecule has 0 radical (unpaired) electrons. The SMILES string of the molecule is Cc1cc(N2CCN(c3ccccc3)CC2)ccc1CN. The minimum atomic E-state index is 0.619. The highest BCUT2D eigenvalue weighted by Crippen LogP contribution is 2.22. The van der Waals surface area contributed by atoms with Crippen LogP contribution in [0.25, 0.3) is 0 Å². The lowest BCUT2D eigenvalue weighted by atomic mass is 10.1. The summed E-state index contributed by atoms with van der Waals surface area (Å²) in [5.41, 5.74) is 10.9. The molecule has 3 nitrogen and oxygen atoms in total. The van der Waals surface area contributed by atoms with Crippen molar-refractivity contribution < 1.29 is 0 Å². The van der Waals surface area contributed by atoms with Crippen molar-refractivity contribution in [1.29, 1.82) is 0 Å². The molecular formula is C18H23N3. The van der Waals surface area contributed by atoms with Crippen LogP contribution in [0, 0.1) is 6.92 Å². The summed E-state index contributed by atoms with van der Waals surface area (Å²) in [5.74, 6) is 0. The number of nitrogens with zero attached hydrogens (tertiary/aromatic N) is 2. The van der Waals surface area contributed by atoms with Gasteiger partial charge in [-0.25, -0.2) is 0 Å². The van der Waals surface area contributed by atoms with Gasteiger partial charge in [0.05, 0.1) is 0 Å². The number of piperazine rings is 1. The summed E-state index contributed by atoms with van der Waals surface area (Å²) in [7, 11) is 0. The van der Waals surface area contributed by atoms with Crippen molar-refractivity contribution >= 4 is 11.4 Å². The predicted octanol–water partition coefficient (Wildman–Crippen LogP) is 2.78. The molecule has 3 heteroatoms. The van der Waals surface area contributed by atoms with Crippen molar-refractivity contribution in [3.05, 3.63) is 59.7 Å². The van der Waals surface area contributed by atoms with Crippen molar-refractivity contribution in [3.8, 4) is 0 Å². The predicted molar refractivity (Wildman–Crippen MR) is 89.9 cm³/mol. The topological polar surface area (TPSA) is 32.5 Å². The lowest BCUT2D eigenvalue weighted by Gasteiger charge is -2.37. The van der Waals surface area contributed by atoms with E-state index in [0.29, 0.717) is 6.54 Å². The molecule has 0 atom stereocenters. The van der Waals surface area contributed by atoms with Crippen LogP contribution in [0.15, 0.2) is 48.5 Å². The molecule has 0 spiro atoms. The van der Waals surface area contributed by atoms with Crippen molar-refractivity contribution in [3.63, 3.8) is 0 Å². The van der Waals surface area contributed by atoms with Gasteiger partial charge in [-0.1, -0.05) is 24.3 Å².